The van der Waals surface area contributed by atoms with Crippen molar-refractivity contribution in [3.8, 4) is 6.07 Å². The molecular weight excluding hydrogens is 252 g/mol. The van der Waals surface area contributed by atoms with Gasteiger partial charge in [0.15, 0.2) is 0 Å². The van der Waals surface area contributed by atoms with Crippen LogP contribution in [-0.2, 0) is 11.2 Å². The van der Waals surface area contributed by atoms with Crippen molar-refractivity contribution in [1.82, 2.24) is 0 Å². The molecule has 20 heavy (non-hydrogen) atoms. The topological polar surface area (TPSA) is 62.1 Å². The molecule has 0 amide bonds. The van der Waals surface area contributed by atoms with E-state index in [9.17, 15) is 10.1 Å². The first-order chi connectivity index (χ1) is 9.57. The summed E-state index contributed by atoms with van der Waals surface area (Å²) >= 11 is 0. The van der Waals surface area contributed by atoms with Gasteiger partial charge >= 0.3 is 5.97 Å². The minimum absolute atomic E-state index is 0.240. The quantitative estimate of drug-likeness (QED) is 0.806. The molecule has 1 N–H and O–H groups in total. The summed E-state index contributed by atoms with van der Waals surface area (Å²) in [6.07, 6.45) is 1.63. The number of hydrogen-bond acceptors (Lipinski definition) is 4. The second kappa shape index (κ2) is 7.54. The molecule has 1 rings (SSSR count). The maximum atomic E-state index is 12.0. The van der Waals surface area contributed by atoms with Crippen LogP contribution in [0.1, 0.15) is 55.6 Å². The number of hydrogen-bond donors (Lipinski definition) is 1. The second-order valence-corrected chi connectivity index (χ2v) is 4.69. The zero-order chi connectivity index (χ0) is 15.1. The molecule has 0 spiro atoms. The number of carbonyl (C=O) groups excluding carboxylic acids is 1. The number of ether oxygens (including phenoxy) is 1. The van der Waals surface area contributed by atoms with Crippen LogP contribution >= 0.6 is 0 Å². The van der Waals surface area contributed by atoms with E-state index in [-0.39, 0.29) is 12.0 Å². The maximum Gasteiger partial charge on any atom is 0.338 e. The van der Waals surface area contributed by atoms with Crippen molar-refractivity contribution in [2.45, 2.75) is 46.6 Å². The highest BCUT2D eigenvalue weighted by atomic mass is 16.5. The van der Waals surface area contributed by atoms with Crippen LogP contribution < -0.4 is 5.32 Å². The first-order valence-corrected chi connectivity index (χ1v) is 7.07. The van der Waals surface area contributed by atoms with Gasteiger partial charge in [0.25, 0.3) is 0 Å². The van der Waals surface area contributed by atoms with Gasteiger partial charge in [-0.3, -0.25) is 0 Å². The van der Waals surface area contributed by atoms with Gasteiger partial charge in [-0.25, -0.2) is 4.79 Å². The fourth-order valence-corrected chi connectivity index (χ4v) is 1.92. The van der Waals surface area contributed by atoms with Crippen molar-refractivity contribution in [2.24, 2.45) is 0 Å². The fourth-order valence-electron chi connectivity index (χ4n) is 1.92. The Labute approximate surface area is 120 Å². The SMILES string of the molecule is CCOC(=O)c1cc(N[C@H](C)CC)c(C#N)cc1CC. The van der Waals surface area contributed by atoms with Crippen LogP contribution in [0.2, 0.25) is 0 Å². The van der Waals surface area contributed by atoms with Crippen LogP contribution in [0, 0.1) is 11.3 Å². The van der Waals surface area contributed by atoms with E-state index in [0.29, 0.717) is 29.8 Å². The largest absolute Gasteiger partial charge is 0.462 e. The number of aryl methyl sites for hydroxylation is 1. The number of nitrogens with one attached hydrogen (secondary N) is 1. The maximum absolute atomic E-state index is 12.0. The molecule has 4 heteroatoms. The van der Waals surface area contributed by atoms with E-state index >= 15 is 0 Å². The van der Waals surface area contributed by atoms with Crippen molar-refractivity contribution in [2.75, 3.05) is 11.9 Å². The average molecular weight is 274 g/mol. The van der Waals surface area contributed by atoms with Gasteiger partial charge in [-0.1, -0.05) is 13.8 Å². The number of carbonyl (C=O) groups is 1. The van der Waals surface area contributed by atoms with Crippen LogP contribution in [0.5, 0.6) is 0 Å². The molecule has 0 fully saturated rings. The highest BCUT2D eigenvalue weighted by Crippen LogP contribution is 2.23. The predicted octanol–water partition coefficient (Wildman–Crippen LogP) is 3.51. The lowest BCUT2D eigenvalue weighted by molar-refractivity contribution is 0.0525. The van der Waals surface area contributed by atoms with E-state index in [4.69, 9.17) is 4.74 Å². The van der Waals surface area contributed by atoms with E-state index in [0.717, 1.165) is 12.0 Å². The van der Waals surface area contributed by atoms with Gasteiger partial charge in [-0.05, 0) is 44.4 Å². The van der Waals surface area contributed by atoms with Crippen molar-refractivity contribution in [3.05, 3.63) is 28.8 Å². The molecule has 0 aromatic heterocycles. The van der Waals surface area contributed by atoms with Crippen LogP contribution in [0.25, 0.3) is 0 Å². The van der Waals surface area contributed by atoms with Gasteiger partial charge in [-0.15, -0.1) is 0 Å². The third-order valence-electron chi connectivity index (χ3n) is 3.25. The molecule has 0 radical (unpaired) electrons. The summed E-state index contributed by atoms with van der Waals surface area (Å²) in [5.74, 6) is -0.332. The molecule has 4 nitrogen and oxygen atoms in total. The van der Waals surface area contributed by atoms with E-state index in [1.807, 2.05) is 13.8 Å². The molecule has 108 valence electrons. The molecule has 0 aliphatic heterocycles. The first kappa shape index (κ1) is 16.0. The Morgan fingerprint density at radius 1 is 1.40 bits per heavy atom. The Morgan fingerprint density at radius 2 is 2.10 bits per heavy atom. The van der Waals surface area contributed by atoms with Crippen LogP contribution in [0.15, 0.2) is 12.1 Å². The van der Waals surface area contributed by atoms with Crippen molar-refractivity contribution < 1.29 is 9.53 Å². The molecule has 1 aromatic carbocycles. The average Bonchev–Trinajstić information content (AvgIpc) is 2.46. The van der Waals surface area contributed by atoms with Crippen molar-refractivity contribution in [3.63, 3.8) is 0 Å². The third-order valence-corrected chi connectivity index (χ3v) is 3.25. The minimum atomic E-state index is -0.332. The minimum Gasteiger partial charge on any atom is -0.462 e. The van der Waals surface area contributed by atoms with Gasteiger partial charge < -0.3 is 10.1 Å². The lowest BCUT2D eigenvalue weighted by atomic mass is 10.00. The van der Waals surface area contributed by atoms with Gasteiger partial charge in [0, 0.05) is 6.04 Å². The second-order valence-electron chi connectivity index (χ2n) is 4.69. The summed E-state index contributed by atoms with van der Waals surface area (Å²) in [7, 11) is 0. The smallest absolute Gasteiger partial charge is 0.338 e. The highest BCUT2D eigenvalue weighted by Gasteiger charge is 2.16. The lowest BCUT2D eigenvalue weighted by Crippen LogP contribution is -2.16. The van der Waals surface area contributed by atoms with E-state index in [2.05, 4.69) is 18.3 Å². The zero-order valence-corrected chi connectivity index (χ0v) is 12.6. The predicted molar refractivity (Wildman–Crippen MR) is 79.9 cm³/mol. The van der Waals surface area contributed by atoms with Gasteiger partial charge in [-0.2, -0.15) is 5.26 Å². The molecule has 0 saturated heterocycles. The van der Waals surface area contributed by atoms with E-state index in [1.165, 1.54) is 0 Å². The molecule has 1 aromatic rings. The summed E-state index contributed by atoms with van der Waals surface area (Å²) in [6, 6.07) is 5.94. The Balaban J connectivity index is 3.26. The summed E-state index contributed by atoms with van der Waals surface area (Å²) in [6.45, 7) is 8.19. The van der Waals surface area contributed by atoms with Crippen LogP contribution in [0.3, 0.4) is 0 Å². The zero-order valence-electron chi connectivity index (χ0n) is 12.6. The Bertz CT molecular complexity index is 518. The number of rotatable bonds is 6. The molecule has 0 aliphatic carbocycles. The normalized spacial score (nSPS) is 11.6. The molecule has 0 heterocycles. The summed E-state index contributed by atoms with van der Waals surface area (Å²) in [4.78, 5) is 12.0. The lowest BCUT2D eigenvalue weighted by Gasteiger charge is -2.17. The van der Waals surface area contributed by atoms with Crippen molar-refractivity contribution >= 4 is 11.7 Å². The van der Waals surface area contributed by atoms with E-state index in [1.54, 1.807) is 19.1 Å². The standard InChI is InChI=1S/C16H22N2O2/c1-5-11(4)18-15-9-14(16(19)20-7-3)12(6-2)8-13(15)10-17/h8-9,11,18H,5-7H2,1-4H3/t11-/m1/s1. The summed E-state index contributed by atoms with van der Waals surface area (Å²) in [5, 5.41) is 12.5. The van der Waals surface area contributed by atoms with Crippen LogP contribution in [0.4, 0.5) is 5.69 Å². The van der Waals surface area contributed by atoms with Gasteiger partial charge in [0.2, 0.25) is 0 Å². The molecule has 0 aliphatic rings. The number of nitriles is 1. The summed E-state index contributed by atoms with van der Waals surface area (Å²) < 4.78 is 5.08. The Kier molecular flexibility index (Phi) is 6.05. The molecule has 0 bridgehead atoms. The molecule has 1 atom stereocenters. The van der Waals surface area contributed by atoms with Crippen LogP contribution in [-0.4, -0.2) is 18.6 Å². The van der Waals surface area contributed by atoms with Crippen molar-refractivity contribution in [1.29, 1.82) is 5.26 Å². The summed E-state index contributed by atoms with van der Waals surface area (Å²) in [5.41, 5.74) is 2.64. The molecule has 0 unspecified atom stereocenters. The van der Waals surface area contributed by atoms with Gasteiger partial charge in [0.05, 0.1) is 23.4 Å². The molecular formula is C16H22N2O2. The van der Waals surface area contributed by atoms with Gasteiger partial charge in [0.1, 0.15) is 6.07 Å². The highest BCUT2D eigenvalue weighted by molar-refractivity contribution is 5.93. The Morgan fingerprint density at radius 3 is 2.60 bits per heavy atom. The monoisotopic (exact) mass is 274 g/mol. The number of benzene rings is 1. The number of esters is 1. The number of anilines is 1. The Hall–Kier alpha value is -2.02. The first-order valence-electron chi connectivity index (χ1n) is 7.07. The third kappa shape index (κ3) is 3.74. The number of nitrogens with zero attached hydrogens (tertiary/aromatic N) is 1. The fraction of sp³-hybridized carbons (Fsp3) is 0.500. The molecule has 0 saturated carbocycles. The van der Waals surface area contributed by atoms with E-state index < -0.39 is 0 Å².